The molecule has 1 unspecified atom stereocenters. The Morgan fingerprint density at radius 1 is 1.22 bits per heavy atom. The molecule has 1 heteroatoms. The average Bonchev–Trinajstić information content (AvgIpc) is 1.88. The summed E-state index contributed by atoms with van der Waals surface area (Å²) in [6.07, 6.45) is 5.24. The van der Waals surface area contributed by atoms with Gasteiger partial charge in [0.05, 0.1) is 0 Å². The maximum atomic E-state index is 4.91. The van der Waals surface area contributed by atoms with E-state index in [1.807, 2.05) is 0 Å². The van der Waals surface area contributed by atoms with Crippen molar-refractivity contribution < 1.29 is 0 Å². The van der Waals surface area contributed by atoms with Gasteiger partial charge in [-0.15, -0.1) is 0 Å². The van der Waals surface area contributed by atoms with Gasteiger partial charge in [0.2, 0.25) is 0 Å². The van der Waals surface area contributed by atoms with E-state index in [2.05, 4.69) is 13.8 Å². The molecule has 0 aromatic carbocycles. The molecule has 0 aliphatic rings. The van der Waals surface area contributed by atoms with Gasteiger partial charge in [-0.1, -0.05) is 45.7 Å². The van der Waals surface area contributed by atoms with Crippen LogP contribution in [0.5, 0.6) is 0 Å². The van der Waals surface area contributed by atoms with Crippen molar-refractivity contribution >= 4 is 12.6 Å². The van der Waals surface area contributed by atoms with E-state index >= 15 is 0 Å². The van der Waals surface area contributed by atoms with Crippen LogP contribution >= 0.6 is 12.6 Å². The zero-order chi connectivity index (χ0) is 7.11. The number of hydrogen-bond acceptors (Lipinski definition) is 0. The summed E-state index contributed by atoms with van der Waals surface area (Å²) < 4.78 is 0. The molecule has 0 nitrogen and oxygen atoms in total. The standard InChI is InChI=1S/C8H17S/c1-3-5-8(4-2)6-7-9/h8H,3-7H2,1-2H3. The van der Waals surface area contributed by atoms with Crippen LogP contribution in [0.2, 0.25) is 0 Å². The monoisotopic (exact) mass is 145 g/mol. The average molecular weight is 145 g/mol. The van der Waals surface area contributed by atoms with Gasteiger partial charge in [0, 0.05) is 5.75 Å². The lowest BCUT2D eigenvalue weighted by molar-refractivity contribution is 0.454. The van der Waals surface area contributed by atoms with Gasteiger partial charge in [-0.25, -0.2) is 0 Å². The molecular formula is C8H17S. The molecule has 1 atom stereocenters. The summed E-state index contributed by atoms with van der Waals surface area (Å²) in [4.78, 5) is 0. The van der Waals surface area contributed by atoms with Crippen molar-refractivity contribution in [1.82, 2.24) is 0 Å². The summed E-state index contributed by atoms with van der Waals surface area (Å²) in [5, 5.41) is 0. The first-order chi connectivity index (χ1) is 4.35. The Kier molecular flexibility index (Phi) is 6.72. The minimum absolute atomic E-state index is 0.910. The third-order valence-electron chi connectivity index (χ3n) is 1.80. The van der Waals surface area contributed by atoms with Crippen LogP contribution in [-0.4, -0.2) is 5.75 Å². The van der Waals surface area contributed by atoms with Crippen molar-refractivity contribution in [1.29, 1.82) is 0 Å². The van der Waals surface area contributed by atoms with Gasteiger partial charge in [-0.2, -0.15) is 0 Å². The second-order valence-electron chi connectivity index (χ2n) is 2.56. The third kappa shape index (κ3) is 4.83. The smallest absolute Gasteiger partial charge is 0.00395 e. The van der Waals surface area contributed by atoms with Gasteiger partial charge in [0.1, 0.15) is 0 Å². The molecule has 0 saturated heterocycles. The molecule has 0 fully saturated rings. The van der Waals surface area contributed by atoms with Gasteiger partial charge in [-0.3, -0.25) is 0 Å². The highest BCUT2D eigenvalue weighted by Gasteiger charge is 2.01. The van der Waals surface area contributed by atoms with Crippen molar-refractivity contribution in [2.75, 3.05) is 5.75 Å². The highest BCUT2D eigenvalue weighted by atomic mass is 32.1. The Balaban J connectivity index is 3.18. The lowest BCUT2D eigenvalue weighted by Crippen LogP contribution is -1.98. The lowest BCUT2D eigenvalue weighted by Gasteiger charge is -2.10. The summed E-state index contributed by atoms with van der Waals surface area (Å²) in [7, 11) is 0. The van der Waals surface area contributed by atoms with Crippen LogP contribution < -0.4 is 0 Å². The SMILES string of the molecule is CCCC(CC)CC[S]. The van der Waals surface area contributed by atoms with Gasteiger partial charge in [0.15, 0.2) is 0 Å². The molecule has 0 aromatic rings. The van der Waals surface area contributed by atoms with Crippen LogP contribution in [-0.2, 0) is 0 Å². The van der Waals surface area contributed by atoms with Gasteiger partial charge >= 0.3 is 0 Å². The fourth-order valence-corrected chi connectivity index (χ4v) is 1.46. The highest BCUT2D eigenvalue weighted by molar-refractivity contribution is 7.80. The van der Waals surface area contributed by atoms with Crippen molar-refractivity contribution in [3.8, 4) is 0 Å². The Hall–Kier alpha value is 0.350. The predicted octanol–water partition coefficient (Wildman–Crippen LogP) is 3.40. The molecule has 0 heterocycles. The normalized spacial score (nSPS) is 13.7. The van der Waals surface area contributed by atoms with E-state index in [4.69, 9.17) is 12.6 Å². The Bertz CT molecular complexity index is 46.5. The first-order valence-corrected chi connectivity index (χ1v) is 4.50. The van der Waals surface area contributed by atoms with Crippen LogP contribution in [0.3, 0.4) is 0 Å². The molecule has 0 spiro atoms. The summed E-state index contributed by atoms with van der Waals surface area (Å²) >= 11 is 4.91. The van der Waals surface area contributed by atoms with Gasteiger partial charge in [-0.05, 0) is 12.3 Å². The van der Waals surface area contributed by atoms with E-state index < -0.39 is 0 Å². The first-order valence-electron chi connectivity index (χ1n) is 3.93. The van der Waals surface area contributed by atoms with Crippen LogP contribution in [0.1, 0.15) is 39.5 Å². The first kappa shape index (κ1) is 9.35. The lowest BCUT2D eigenvalue weighted by atomic mass is 9.98. The second-order valence-corrected chi connectivity index (χ2v) is 2.96. The van der Waals surface area contributed by atoms with Gasteiger partial charge in [0.25, 0.3) is 0 Å². The van der Waals surface area contributed by atoms with Crippen molar-refractivity contribution in [3.05, 3.63) is 0 Å². The fraction of sp³-hybridized carbons (Fsp3) is 1.00. The van der Waals surface area contributed by atoms with E-state index in [0.717, 1.165) is 11.7 Å². The molecule has 0 bridgehead atoms. The van der Waals surface area contributed by atoms with E-state index in [-0.39, 0.29) is 0 Å². The topological polar surface area (TPSA) is 0 Å². The minimum atomic E-state index is 0.910. The Labute approximate surface area is 64.4 Å². The van der Waals surface area contributed by atoms with Crippen molar-refractivity contribution in [2.45, 2.75) is 39.5 Å². The summed E-state index contributed by atoms with van der Waals surface area (Å²) in [6.45, 7) is 4.50. The maximum Gasteiger partial charge on any atom is 0.00395 e. The van der Waals surface area contributed by atoms with Crippen molar-refractivity contribution in [3.63, 3.8) is 0 Å². The fourth-order valence-electron chi connectivity index (χ4n) is 1.13. The molecule has 0 aliphatic carbocycles. The highest BCUT2D eigenvalue weighted by Crippen LogP contribution is 2.14. The van der Waals surface area contributed by atoms with Crippen LogP contribution in [0, 0.1) is 5.92 Å². The molecule has 0 amide bonds. The van der Waals surface area contributed by atoms with E-state index in [9.17, 15) is 0 Å². The molecule has 0 saturated carbocycles. The van der Waals surface area contributed by atoms with Crippen molar-refractivity contribution in [2.24, 2.45) is 5.92 Å². The molecule has 0 N–H and O–H groups in total. The number of hydrogen-bond donors (Lipinski definition) is 0. The predicted molar refractivity (Wildman–Crippen MR) is 45.8 cm³/mol. The zero-order valence-corrected chi connectivity index (χ0v) is 7.34. The second kappa shape index (κ2) is 6.47. The molecule has 0 aromatic heterocycles. The van der Waals surface area contributed by atoms with E-state index in [0.29, 0.717) is 0 Å². The molecule has 1 radical (unpaired) electrons. The van der Waals surface area contributed by atoms with Gasteiger partial charge < -0.3 is 0 Å². The summed E-state index contributed by atoms with van der Waals surface area (Å²) in [5.41, 5.74) is 0. The van der Waals surface area contributed by atoms with E-state index in [1.54, 1.807) is 0 Å². The maximum absolute atomic E-state index is 4.91. The van der Waals surface area contributed by atoms with E-state index in [1.165, 1.54) is 25.7 Å². The van der Waals surface area contributed by atoms with Crippen LogP contribution in [0.15, 0.2) is 0 Å². The Morgan fingerprint density at radius 2 is 1.89 bits per heavy atom. The molecular weight excluding hydrogens is 128 g/mol. The quantitative estimate of drug-likeness (QED) is 0.556. The molecule has 55 valence electrons. The summed E-state index contributed by atoms with van der Waals surface area (Å²) in [6, 6.07) is 0. The zero-order valence-electron chi connectivity index (χ0n) is 6.52. The minimum Gasteiger partial charge on any atom is -0.0941 e. The molecule has 0 rings (SSSR count). The Morgan fingerprint density at radius 3 is 2.22 bits per heavy atom. The largest absolute Gasteiger partial charge is 0.0941 e. The third-order valence-corrected chi connectivity index (χ3v) is 2.04. The molecule has 0 aliphatic heterocycles. The molecule has 9 heavy (non-hydrogen) atoms. The van der Waals surface area contributed by atoms with Crippen LogP contribution in [0.4, 0.5) is 0 Å². The van der Waals surface area contributed by atoms with Crippen LogP contribution in [0.25, 0.3) is 0 Å². The number of rotatable bonds is 5. The summed E-state index contributed by atoms with van der Waals surface area (Å²) in [5.74, 6) is 1.85.